The Kier molecular flexibility index (Phi) is 4.64. The fourth-order valence-electron chi connectivity index (χ4n) is 3.23. The Morgan fingerprint density at radius 2 is 1.93 bits per heavy atom. The van der Waals surface area contributed by atoms with Gasteiger partial charge in [-0.25, -0.2) is 13.2 Å². The van der Waals surface area contributed by atoms with Crippen molar-refractivity contribution in [2.24, 2.45) is 0 Å². The summed E-state index contributed by atoms with van der Waals surface area (Å²) < 4.78 is 80.5. The van der Waals surface area contributed by atoms with Crippen LogP contribution >= 0.6 is 0 Å². The molecule has 3 rings (SSSR count). The van der Waals surface area contributed by atoms with E-state index in [1.807, 2.05) is 0 Å². The van der Waals surface area contributed by atoms with Crippen molar-refractivity contribution in [3.05, 3.63) is 63.7 Å². The van der Waals surface area contributed by atoms with Crippen LogP contribution in [0.5, 0.6) is 0 Å². The molecule has 0 saturated heterocycles. The number of fused-ring (bicyclic) bond motifs is 1. The molecule has 2 aromatic rings. The SMILES string of the molecule is N#Cc1cc(F)cc(CCc2cnc(C(F)(F)F)c3c2CC(F)(F)[C@H]3O)c1. The van der Waals surface area contributed by atoms with Gasteiger partial charge in [-0.15, -0.1) is 0 Å². The molecule has 0 aliphatic heterocycles. The molecule has 0 bridgehead atoms. The maximum absolute atomic E-state index is 13.9. The highest BCUT2D eigenvalue weighted by molar-refractivity contribution is 5.46. The van der Waals surface area contributed by atoms with Crippen molar-refractivity contribution in [3.8, 4) is 6.07 Å². The van der Waals surface area contributed by atoms with Gasteiger partial charge in [0.15, 0.2) is 5.69 Å². The number of aliphatic hydroxyl groups excluding tert-OH is 1. The fraction of sp³-hybridized carbons (Fsp3) is 0.333. The van der Waals surface area contributed by atoms with Crippen molar-refractivity contribution in [1.29, 1.82) is 5.26 Å². The van der Waals surface area contributed by atoms with Crippen LogP contribution in [0.15, 0.2) is 24.4 Å². The van der Waals surface area contributed by atoms with Gasteiger partial charge in [0, 0.05) is 18.2 Å². The van der Waals surface area contributed by atoms with Crippen molar-refractivity contribution in [2.75, 3.05) is 0 Å². The van der Waals surface area contributed by atoms with E-state index in [1.54, 1.807) is 6.07 Å². The summed E-state index contributed by atoms with van der Waals surface area (Å²) in [6.07, 6.45) is -7.63. The number of aryl methyl sites for hydroxylation is 2. The van der Waals surface area contributed by atoms with Gasteiger partial charge in [0.05, 0.1) is 11.6 Å². The maximum Gasteiger partial charge on any atom is 0.433 e. The second-order valence-corrected chi connectivity index (χ2v) is 6.32. The minimum atomic E-state index is -4.98. The zero-order chi connectivity index (χ0) is 20.0. The Hall–Kier alpha value is -2.60. The van der Waals surface area contributed by atoms with Crippen LogP contribution in [0.4, 0.5) is 26.3 Å². The Morgan fingerprint density at radius 3 is 2.56 bits per heavy atom. The van der Waals surface area contributed by atoms with E-state index < -0.39 is 41.7 Å². The van der Waals surface area contributed by atoms with Crippen molar-refractivity contribution in [3.63, 3.8) is 0 Å². The lowest BCUT2D eigenvalue weighted by Gasteiger charge is -2.17. The van der Waals surface area contributed by atoms with Crippen LogP contribution in [0, 0.1) is 17.1 Å². The summed E-state index contributed by atoms with van der Waals surface area (Å²) in [5, 5.41) is 18.5. The standard InChI is InChI=1S/C18H12F6N2O/c19-12-4-9(3-10(5-12)7-25)1-2-11-8-26-15(18(22,23)24)14-13(11)6-17(20,21)16(14)27/h3-5,8,16,27H,1-2,6H2/t16-/m0/s1. The van der Waals surface area contributed by atoms with E-state index >= 15 is 0 Å². The van der Waals surface area contributed by atoms with Crippen molar-refractivity contribution in [2.45, 2.75) is 37.5 Å². The molecule has 0 amide bonds. The minimum absolute atomic E-state index is 0.00456. The second kappa shape index (κ2) is 6.53. The summed E-state index contributed by atoms with van der Waals surface area (Å²) in [5.41, 5.74) is -2.12. The third-order valence-electron chi connectivity index (χ3n) is 4.44. The van der Waals surface area contributed by atoms with Gasteiger partial charge in [-0.3, -0.25) is 4.98 Å². The van der Waals surface area contributed by atoms with E-state index in [0.29, 0.717) is 5.56 Å². The van der Waals surface area contributed by atoms with Crippen LogP contribution < -0.4 is 0 Å². The maximum atomic E-state index is 13.9. The molecule has 1 aliphatic carbocycles. The average molecular weight is 386 g/mol. The molecule has 1 aromatic heterocycles. The molecule has 0 saturated carbocycles. The number of nitrogens with zero attached hydrogens (tertiary/aromatic N) is 2. The van der Waals surface area contributed by atoms with Crippen LogP contribution in [0.25, 0.3) is 0 Å². The van der Waals surface area contributed by atoms with Crippen molar-refractivity contribution in [1.82, 2.24) is 4.98 Å². The Morgan fingerprint density at radius 1 is 1.22 bits per heavy atom. The molecule has 1 atom stereocenters. The molecule has 0 unspecified atom stereocenters. The Labute approximate surface area is 149 Å². The predicted octanol–water partition coefficient (Wildman–Crippen LogP) is 4.12. The van der Waals surface area contributed by atoms with E-state index in [0.717, 1.165) is 18.3 Å². The van der Waals surface area contributed by atoms with E-state index in [4.69, 9.17) is 5.26 Å². The van der Waals surface area contributed by atoms with Gasteiger partial charge in [0.2, 0.25) is 0 Å². The van der Waals surface area contributed by atoms with Gasteiger partial charge >= 0.3 is 6.18 Å². The molecule has 9 heteroatoms. The van der Waals surface area contributed by atoms with Crippen molar-refractivity contribution >= 4 is 0 Å². The van der Waals surface area contributed by atoms with Gasteiger partial charge in [0.1, 0.15) is 11.9 Å². The minimum Gasteiger partial charge on any atom is -0.382 e. The van der Waals surface area contributed by atoms with Gasteiger partial charge < -0.3 is 5.11 Å². The number of benzene rings is 1. The highest BCUT2D eigenvalue weighted by Gasteiger charge is 2.52. The third-order valence-corrected chi connectivity index (χ3v) is 4.44. The topological polar surface area (TPSA) is 56.9 Å². The van der Waals surface area contributed by atoms with E-state index in [9.17, 15) is 31.4 Å². The normalized spacial score (nSPS) is 18.2. The second-order valence-electron chi connectivity index (χ2n) is 6.32. The molecule has 27 heavy (non-hydrogen) atoms. The molecule has 1 aliphatic rings. The summed E-state index contributed by atoms with van der Waals surface area (Å²) in [4.78, 5) is 3.26. The summed E-state index contributed by atoms with van der Waals surface area (Å²) in [6.45, 7) is 0. The zero-order valence-corrected chi connectivity index (χ0v) is 13.6. The number of pyridine rings is 1. The molecule has 1 N–H and O–H groups in total. The number of aliphatic hydroxyl groups is 1. The lowest BCUT2D eigenvalue weighted by Crippen LogP contribution is -2.23. The summed E-state index contributed by atoms with van der Waals surface area (Å²) in [7, 11) is 0. The van der Waals surface area contributed by atoms with Crippen LogP contribution in [0.1, 0.15) is 39.6 Å². The fourth-order valence-corrected chi connectivity index (χ4v) is 3.23. The van der Waals surface area contributed by atoms with Crippen LogP contribution in [-0.4, -0.2) is 16.0 Å². The zero-order valence-electron chi connectivity index (χ0n) is 13.6. The van der Waals surface area contributed by atoms with Gasteiger partial charge in [-0.05, 0) is 47.7 Å². The molecular formula is C18H12F6N2O. The Bertz CT molecular complexity index is 933. The van der Waals surface area contributed by atoms with Gasteiger partial charge in [0.25, 0.3) is 5.92 Å². The molecular weight excluding hydrogens is 374 g/mol. The van der Waals surface area contributed by atoms with Crippen LogP contribution in [0.2, 0.25) is 0 Å². The van der Waals surface area contributed by atoms with E-state index in [-0.39, 0.29) is 29.5 Å². The van der Waals surface area contributed by atoms with Gasteiger partial charge in [-0.2, -0.15) is 18.4 Å². The summed E-state index contributed by atoms with van der Waals surface area (Å²) >= 11 is 0. The lowest BCUT2D eigenvalue weighted by molar-refractivity contribution is -0.145. The first kappa shape index (κ1) is 19.2. The molecule has 1 heterocycles. The number of aromatic nitrogens is 1. The number of hydrogen-bond acceptors (Lipinski definition) is 3. The summed E-state index contributed by atoms with van der Waals surface area (Å²) in [5.74, 6) is -4.38. The third kappa shape index (κ3) is 3.62. The highest BCUT2D eigenvalue weighted by atomic mass is 19.4. The predicted molar refractivity (Wildman–Crippen MR) is 81.4 cm³/mol. The number of halogens is 6. The van der Waals surface area contributed by atoms with Crippen LogP contribution in [-0.2, 0) is 25.4 Å². The number of hydrogen-bond donors (Lipinski definition) is 1. The van der Waals surface area contributed by atoms with E-state index in [1.165, 1.54) is 6.07 Å². The smallest absolute Gasteiger partial charge is 0.382 e. The number of nitriles is 1. The Balaban J connectivity index is 1.97. The molecule has 0 radical (unpaired) electrons. The van der Waals surface area contributed by atoms with E-state index in [2.05, 4.69) is 4.98 Å². The summed E-state index contributed by atoms with van der Waals surface area (Å²) in [6, 6.07) is 5.37. The highest BCUT2D eigenvalue weighted by Crippen LogP contribution is 2.48. The molecule has 0 spiro atoms. The first-order valence-corrected chi connectivity index (χ1v) is 7.86. The first-order chi connectivity index (χ1) is 12.5. The van der Waals surface area contributed by atoms with Crippen molar-refractivity contribution < 1.29 is 31.4 Å². The average Bonchev–Trinajstić information content (AvgIpc) is 2.81. The monoisotopic (exact) mass is 386 g/mol. The molecule has 0 fully saturated rings. The van der Waals surface area contributed by atoms with Crippen LogP contribution in [0.3, 0.4) is 0 Å². The van der Waals surface area contributed by atoms with Gasteiger partial charge in [-0.1, -0.05) is 0 Å². The first-order valence-electron chi connectivity index (χ1n) is 7.86. The molecule has 3 nitrogen and oxygen atoms in total. The quantitative estimate of drug-likeness (QED) is 0.808. The largest absolute Gasteiger partial charge is 0.433 e. The number of alkyl halides is 5. The number of rotatable bonds is 3. The molecule has 142 valence electrons. The lowest BCUT2D eigenvalue weighted by atomic mass is 9.97. The molecule has 1 aromatic carbocycles.